The number of benzene rings is 3. The van der Waals surface area contributed by atoms with E-state index >= 15 is 0 Å². The van der Waals surface area contributed by atoms with Crippen molar-refractivity contribution in [2.45, 2.75) is 65.6 Å². The van der Waals surface area contributed by atoms with Gasteiger partial charge in [0, 0.05) is 32.0 Å². The maximum absolute atomic E-state index is 13.9. The Balaban J connectivity index is 1.91. The molecule has 0 aliphatic carbocycles. The van der Waals surface area contributed by atoms with Gasteiger partial charge in [-0.2, -0.15) is 0 Å². The highest BCUT2D eigenvalue weighted by Crippen LogP contribution is 2.26. The SMILES string of the molecule is Cc1cc(C)cc(N(CCCC(=O)N(Cc2ccc(Cl)c(Cl)c2)[C@H](Cc2ccccc2)C(=O)NC(C)C)S(C)(=O)=O)c1. The molecule has 0 unspecified atom stereocenters. The number of aryl methyl sites for hydroxylation is 2. The molecule has 0 bridgehead atoms. The summed E-state index contributed by atoms with van der Waals surface area (Å²) in [7, 11) is -3.59. The number of carbonyl (C=O) groups is 2. The van der Waals surface area contributed by atoms with Gasteiger partial charge in [0.15, 0.2) is 0 Å². The molecule has 1 N–H and O–H groups in total. The summed E-state index contributed by atoms with van der Waals surface area (Å²) in [6.45, 7) is 7.82. The van der Waals surface area contributed by atoms with Crippen LogP contribution in [-0.2, 0) is 32.6 Å². The predicted octanol–water partition coefficient (Wildman–Crippen LogP) is 6.32. The van der Waals surface area contributed by atoms with Gasteiger partial charge in [0.25, 0.3) is 0 Å². The molecule has 7 nitrogen and oxygen atoms in total. The number of carbonyl (C=O) groups excluding carboxylic acids is 2. The van der Waals surface area contributed by atoms with Crippen LogP contribution in [0.25, 0.3) is 0 Å². The Labute approximate surface area is 259 Å². The summed E-state index contributed by atoms with van der Waals surface area (Å²) in [6, 6.07) is 19.3. The fourth-order valence-corrected chi connectivity index (χ4v) is 6.14. The predicted molar refractivity (Wildman–Crippen MR) is 172 cm³/mol. The average molecular weight is 633 g/mol. The summed E-state index contributed by atoms with van der Waals surface area (Å²) < 4.78 is 26.8. The van der Waals surface area contributed by atoms with Crippen molar-refractivity contribution in [3.8, 4) is 0 Å². The molecule has 0 fully saturated rings. The van der Waals surface area contributed by atoms with Crippen LogP contribution in [0.2, 0.25) is 10.0 Å². The third kappa shape index (κ3) is 9.75. The Morgan fingerprint density at radius 3 is 2.10 bits per heavy atom. The van der Waals surface area contributed by atoms with E-state index in [1.807, 2.05) is 76.2 Å². The summed E-state index contributed by atoms with van der Waals surface area (Å²) in [4.78, 5) is 29.0. The van der Waals surface area contributed by atoms with E-state index in [9.17, 15) is 18.0 Å². The first-order chi connectivity index (χ1) is 19.7. The lowest BCUT2D eigenvalue weighted by atomic mass is 10.0. The molecular weight excluding hydrogens is 593 g/mol. The van der Waals surface area contributed by atoms with Gasteiger partial charge in [0.1, 0.15) is 6.04 Å². The summed E-state index contributed by atoms with van der Waals surface area (Å²) in [5.74, 6) is -0.537. The third-order valence-corrected chi connectivity index (χ3v) is 8.62. The second-order valence-corrected chi connectivity index (χ2v) is 13.6. The van der Waals surface area contributed by atoms with Crippen LogP contribution in [0.1, 0.15) is 48.9 Å². The first-order valence-corrected chi connectivity index (χ1v) is 16.5. The molecule has 0 aromatic heterocycles. The van der Waals surface area contributed by atoms with Gasteiger partial charge in [-0.15, -0.1) is 0 Å². The van der Waals surface area contributed by atoms with Crippen LogP contribution < -0.4 is 9.62 Å². The minimum absolute atomic E-state index is 0.0401. The molecule has 3 aromatic rings. The lowest BCUT2D eigenvalue weighted by Gasteiger charge is -2.32. The Kier molecular flexibility index (Phi) is 11.9. The molecule has 0 saturated heterocycles. The van der Waals surface area contributed by atoms with Gasteiger partial charge in [-0.25, -0.2) is 8.42 Å². The maximum atomic E-state index is 13.9. The highest BCUT2D eigenvalue weighted by atomic mass is 35.5. The number of amides is 2. The van der Waals surface area contributed by atoms with Crippen LogP contribution in [-0.4, -0.2) is 50.0 Å². The molecule has 0 heterocycles. The summed E-state index contributed by atoms with van der Waals surface area (Å²) in [5, 5.41) is 3.71. The van der Waals surface area contributed by atoms with Crippen molar-refractivity contribution in [2.75, 3.05) is 17.1 Å². The zero-order chi connectivity index (χ0) is 31.0. The second kappa shape index (κ2) is 14.9. The molecule has 0 aliphatic heterocycles. The molecule has 0 saturated carbocycles. The quantitative estimate of drug-likeness (QED) is 0.239. The van der Waals surface area contributed by atoms with Gasteiger partial charge in [-0.05, 0) is 80.6 Å². The first kappa shape index (κ1) is 33.4. The Morgan fingerprint density at radius 1 is 0.881 bits per heavy atom. The molecule has 0 aliphatic rings. The zero-order valence-corrected chi connectivity index (χ0v) is 27.1. The van der Waals surface area contributed by atoms with Crippen LogP contribution in [0.15, 0.2) is 66.7 Å². The van der Waals surface area contributed by atoms with Crippen molar-refractivity contribution >= 4 is 50.7 Å². The number of nitrogens with one attached hydrogen (secondary N) is 1. The van der Waals surface area contributed by atoms with Crippen molar-refractivity contribution in [1.82, 2.24) is 10.2 Å². The smallest absolute Gasteiger partial charge is 0.243 e. The molecule has 42 heavy (non-hydrogen) atoms. The van der Waals surface area contributed by atoms with E-state index in [-0.39, 0.29) is 43.8 Å². The topological polar surface area (TPSA) is 86.8 Å². The number of halogens is 2. The number of hydrogen-bond acceptors (Lipinski definition) is 4. The molecule has 2 amide bonds. The highest BCUT2D eigenvalue weighted by Gasteiger charge is 2.31. The molecule has 226 valence electrons. The number of anilines is 1. The number of hydrogen-bond donors (Lipinski definition) is 1. The summed E-state index contributed by atoms with van der Waals surface area (Å²) >= 11 is 12.4. The highest BCUT2D eigenvalue weighted by molar-refractivity contribution is 7.92. The Bertz CT molecular complexity index is 1480. The minimum atomic E-state index is -3.59. The van der Waals surface area contributed by atoms with Gasteiger partial charge in [-0.1, -0.05) is 65.7 Å². The van der Waals surface area contributed by atoms with Crippen LogP contribution in [0.3, 0.4) is 0 Å². The van der Waals surface area contributed by atoms with Crippen LogP contribution >= 0.6 is 23.2 Å². The second-order valence-electron chi connectivity index (χ2n) is 10.9. The van der Waals surface area contributed by atoms with Crippen molar-refractivity contribution in [3.63, 3.8) is 0 Å². The molecule has 1 atom stereocenters. The number of sulfonamides is 1. The molecular formula is C32H39Cl2N3O4S. The molecule has 0 radical (unpaired) electrons. The van der Waals surface area contributed by atoms with Crippen molar-refractivity contribution in [1.29, 1.82) is 0 Å². The zero-order valence-electron chi connectivity index (χ0n) is 24.7. The fraction of sp³-hybridized carbons (Fsp3) is 0.375. The van der Waals surface area contributed by atoms with Gasteiger partial charge < -0.3 is 10.2 Å². The maximum Gasteiger partial charge on any atom is 0.243 e. The fourth-order valence-electron chi connectivity index (χ4n) is 4.87. The number of nitrogens with zero attached hydrogens (tertiary/aromatic N) is 2. The van der Waals surface area contributed by atoms with Crippen LogP contribution in [0, 0.1) is 13.8 Å². The molecule has 10 heteroatoms. The van der Waals surface area contributed by atoms with Crippen molar-refractivity contribution in [2.24, 2.45) is 0 Å². The lowest BCUT2D eigenvalue weighted by Crippen LogP contribution is -2.51. The Morgan fingerprint density at radius 2 is 1.52 bits per heavy atom. The molecule has 3 rings (SSSR count). The molecule has 3 aromatic carbocycles. The van der Waals surface area contributed by atoms with E-state index in [4.69, 9.17) is 23.2 Å². The van der Waals surface area contributed by atoms with Gasteiger partial charge in [-0.3, -0.25) is 13.9 Å². The first-order valence-electron chi connectivity index (χ1n) is 13.9. The van der Waals surface area contributed by atoms with E-state index in [0.29, 0.717) is 22.2 Å². The van der Waals surface area contributed by atoms with Gasteiger partial charge >= 0.3 is 0 Å². The minimum Gasteiger partial charge on any atom is -0.352 e. The van der Waals surface area contributed by atoms with E-state index < -0.39 is 16.1 Å². The summed E-state index contributed by atoms with van der Waals surface area (Å²) in [6.07, 6.45) is 1.78. The van der Waals surface area contributed by atoms with Gasteiger partial charge in [0.05, 0.1) is 22.0 Å². The lowest BCUT2D eigenvalue weighted by molar-refractivity contribution is -0.141. The van der Waals surface area contributed by atoms with E-state index in [1.54, 1.807) is 23.1 Å². The van der Waals surface area contributed by atoms with Gasteiger partial charge in [0.2, 0.25) is 21.8 Å². The monoisotopic (exact) mass is 631 g/mol. The van der Waals surface area contributed by atoms with E-state index in [1.165, 1.54) is 4.31 Å². The third-order valence-electron chi connectivity index (χ3n) is 6.69. The van der Waals surface area contributed by atoms with Crippen molar-refractivity contribution in [3.05, 3.63) is 99.0 Å². The molecule has 0 spiro atoms. The summed E-state index contributed by atoms with van der Waals surface area (Å²) in [5.41, 5.74) is 4.09. The van der Waals surface area contributed by atoms with E-state index in [2.05, 4.69) is 5.32 Å². The van der Waals surface area contributed by atoms with Crippen molar-refractivity contribution < 1.29 is 18.0 Å². The average Bonchev–Trinajstić information content (AvgIpc) is 2.89. The number of rotatable bonds is 13. The standard InChI is InChI=1S/C32H39Cl2N3O4S/c1-22(2)35-32(39)30(20-25-10-7-6-8-11-25)36(21-26-13-14-28(33)29(34)19-26)31(38)12-9-15-37(42(5,40)41)27-17-23(3)16-24(4)18-27/h6-8,10-11,13-14,16-19,22,30H,9,12,15,20-21H2,1-5H3,(H,35,39)/t30-/m1/s1. The Hall–Kier alpha value is -3.07. The van der Waals surface area contributed by atoms with Crippen LogP contribution in [0.4, 0.5) is 5.69 Å². The van der Waals surface area contributed by atoms with Crippen LogP contribution in [0.5, 0.6) is 0 Å². The normalized spacial score (nSPS) is 12.2. The van der Waals surface area contributed by atoms with E-state index in [0.717, 1.165) is 28.5 Å². The largest absolute Gasteiger partial charge is 0.352 e.